The zero-order valence-electron chi connectivity index (χ0n) is 17.2. The van der Waals surface area contributed by atoms with Crippen LogP contribution in [0.3, 0.4) is 0 Å². The van der Waals surface area contributed by atoms with Crippen LogP contribution in [-0.2, 0) is 9.53 Å². The first-order valence-electron chi connectivity index (χ1n) is 9.69. The summed E-state index contributed by atoms with van der Waals surface area (Å²) in [6.45, 7) is 0.550. The smallest absolute Gasteiger partial charge is 0.228 e. The number of hydrogen-bond acceptors (Lipinski definition) is 7. The molecule has 0 bridgehead atoms. The molecule has 0 radical (unpaired) electrons. The van der Waals surface area contributed by atoms with Gasteiger partial charge in [-0.05, 0) is 25.0 Å². The first-order valence-corrected chi connectivity index (χ1v) is 9.69. The van der Waals surface area contributed by atoms with Crippen LogP contribution < -0.4 is 14.4 Å². The summed E-state index contributed by atoms with van der Waals surface area (Å²) < 4.78 is 17.7. The number of nitrogens with zero attached hydrogens (tertiary/aromatic N) is 4. The number of aliphatic hydroxyl groups excluding tert-OH is 1. The number of fused-ring (bicyclic) bond motifs is 1. The molecule has 1 aromatic carbocycles. The third kappa shape index (κ3) is 3.46. The second-order valence-corrected chi connectivity index (χ2v) is 6.98. The number of hydrogen-bond donors (Lipinski definition) is 1. The zero-order chi connectivity index (χ0) is 21.3. The van der Waals surface area contributed by atoms with Gasteiger partial charge >= 0.3 is 0 Å². The van der Waals surface area contributed by atoms with Crippen LogP contribution in [-0.4, -0.2) is 53.4 Å². The van der Waals surface area contributed by atoms with E-state index in [1.54, 1.807) is 48.2 Å². The van der Waals surface area contributed by atoms with Crippen LogP contribution in [0.2, 0.25) is 0 Å². The standard InChI is InChI=1S/C21H24N4O5/c1-28-16-10-14-15(11-17(16)29-2)25(12-22-14)18-8-7-13(21(27)30-3)20(23-18)24-9-5-4-6-19(24)26/h7-8,10-12,21,27H,4-6,9H2,1-3H3. The number of benzene rings is 1. The molecule has 4 rings (SSSR count). The Labute approximate surface area is 173 Å². The minimum Gasteiger partial charge on any atom is -0.493 e. The van der Waals surface area contributed by atoms with Crippen molar-refractivity contribution >= 4 is 22.8 Å². The van der Waals surface area contributed by atoms with Crippen LogP contribution in [0.1, 0.15) is 31.1 Å². The maximum Gasteiger partial charge on any atom is 0.228 e. The minimum absolute atomic E-state index is 0.0163. The number of ether oxygens (including phenoxy) is 3. The van der Waals surface area contributed by atoms with Gasteiger partial charge in [-0.1, -0.05) is 0 Å². The Balaban J connectivity index is 1.85. The molecule has 0 aliphatic carbocycles. The molecule has 1 unspecified atom stereocenters. The van der Waals surface area contributed by atoms with Gasteiger partial charge in [-0.3, -0.25) is 14.3 Å². The van der Waals surface area contributed by atoms with Crippen LogP contribution in [0.25, 0.3) is 16.9 Å². The second kappa shape index (κ2) is 8.29. The Morgan fingerprint density at radius 3 is 2.57 bits per heavy atom. The summed E-state index contributed by atoms with van der Waals surface area (Å²) in [7, 11) is 4.55. The van der Waals surface area contributed by atoms with Gasteiger partial charge in [0.2, 0.25) is 5.91 Å². The van der Waals surface area contributed by atoms with E-state index < -0.39 is 6.29 Å². The quantitative estimate of drug-likeness (QED) is 0.621. The van der Waals surface area contributed by atoms with Crippen molar-refractivity contribution in [1.29, 1.82) is 0 Å². The molecule has 1 amide bonds. The molecule has 1 atom stereocenters. The van der Waals surface area contributed by atoms with Crippen molar-refractivity contribution in [2.24, 2.45) is 0 Å². The van der Waals surface area contributed by atoms with Crippen molar-refractivity contribution in [3.05, 3.63) is 36.2 Å². The number of imidazole rings is 1. The molecule has 9 nitrogen and oxygen atoms in total. The van der Waals surface area contributed by atoms with Crippen molar-refractivity contribution < 1.29 is 24.1 Å². The maximum atomic E-state index is 12.5. The lowest BCUT2D eigenvalue weighted by Crippen LogP contribution is -2.37. The Morgan fingerprint density at radius 2 is 1.87 bits per heavy atom. The van der Waals surface area contributed by atoms with E-state index in [0.717, 1.165) is 18.4 Å². The van der Waals surface area contributed by atoms with Crippen molar-refractivity contribution in [2.45, 2.75) is 25.6 Å². The number of anilines is 1. The number of aromatic nitrogens is 3. The summed E-state index contributed by atoms with van der Waals surface area (Å²) in [6.07, 6.45) is 2.66. The Morgan fingerprint density at radius 1 is 1.10 bits per heavy atom. The summed E-state index contributed by atoms with van der Waals surface area (Å²) in [5.74, 6) is 2.10. The summed E-state index contributed by atoms with van der Waals surface area (Å²) in [6, 6.07) is 7.10. The van der Waals surface area contributed by atoms with Gasteiger partial charge in [-0.2, -0.15) is 0 Å². The number of carbonyl (C=O) groups excluding carboxylic acids is 1. The lowest BCUT2D eigenvalue weighted by atomic mass is 10.1. The normalized spacial score (nSPS) is 15.5. The van der Waals surface area contributed by atoms with Crippen LogP contribution in [0.5, 0.6) is 11.5 Å². The monoisotopic (exact) mass is 412 g/mol. The molecule has 1 saturated heterocycles. The van der Waals surface area contributed by atoms with Crippen molar-refractivity contribution in [3.63, 3.8) is 0 Å². The van der Waals surface area contributed by atoms with Gasteiger partial charge in [0.1, 0.15) is 18.0 Å². The Kier molecular flexibility index (Phi) is 5.56. The number of carbonyl (C=O) groups is 1. The molecule has 1 aliphatic rings. The average Bonchev–Trinajstić information content (AvgIpc) is 3.20. The van der Waals surface area contributed by atoms with Gasteiger partial charge in [-0.15, -0.1) is 0 Å². The van der Waals surface area contributed by atoms with Gasteiger partial charge in [0.25, 0.3) is 0 Å². The largest absolute Gasteiger partial charge is 0.493 e. The zero-order valence-corrected chi connectivity index (χ0v) is 17.2. The molecule has 0 saturated carbocycles. The van der Waals surface area contributed by atoms with Gasteiger partial charge in [0.05, 0.1) is 30.8 Å². The lowest BCUT2D eigenvalue weighted by molar-refractivity contribution is -0.119. The molecule has 158 valence electrons. The van der Waals surface area contributed by atoms with E-state index in [1.807, 2.05) is 6.07 Å². The van der Waals surface area contributed by atoms with Crippen LogP contribution in [0.4, 0.5) is 5.82 Å². The van der Waals surface area contributed by atoms with Crippen molar-refractivity contribution in [2.75, 3.05) is 32.8 Å². The van der Waals surface area contributed by atoms with Crippen LogP contribution >= 0.6 is 0 Å². The predicted molar refractivity (Wildman–Crippen MR) is 110 cm³/mol. The minimum atomic E-state index is -1.18. The number of pyridine rings is 1. The highest BCUT2D eigenvalue weighted by atomic mass is 16.6. The molecule has 30 heavy (non-hydrogen) atoms. The summed E-state index contributed by atoms with van der Waals surface area (Å²) in [5.41, 5.74) is 1.93. The van der Waals surface area contributed by atoms with Crippen molar-refractivity contribution in [1.82, 2.24) is 14.5 Å². The fourth-order valence-electron chi connectivity index (χ4n) is 3.67. The van der Waals surface area contributed by atoms with Gasteiger partial charge in [0.15, 0.2) is 17.8 Å². The van der Waals surface area contributed by atoms with Gasteiger partial charge in [0, 0.05) is 32.2 Å². The van der Waals surface area contributed by atoms with Gasteiger partial charge in [-0.25, -0.2) is 9.97 Å². The molecule has 1 N–H and O–H groups in total. The van der Waals surface area contributed by atoms with Gasteiger partial charge < -0.3 is 19.3 Å². The van der Waals surface area contributed by atoms with E-state index in [2.05, 4.69) is 4.98 Å². The number of piperidine rings is 1. The second-order valence-electron chi connectivity index (χ2n) is 6.98. The molecule has 3 aromatic rings. The molecular weight excluding hydrogens is 388 g/mol. The fourth-order valence-corrected chi connectivity index (χ4v) is 3.67. The number of amides is 1. The van der Waals surface area contributed by atoms with E-state index in [-0.39, 0.29) is 5.91 Å². The SMILES string of the molecule is COc1cc2ncn(-c3ccc(C(O)OC)c(N4CCCCC4=O)n3)c2cc1OC. The Bertz CT molecular complexity index is 1080. The van der Waals surface area contributed by atoms with E-state index in [1.165, 1.54) is 7.11 Å². The average molecular weight is 412 g/mol. The molecule has 3 heterocycles. The molecule has 1 fully saturated rings. The molecule has 2 aromatic heterocycles. The van der Waals surface area contributed by atoms with Crippen molar-refractivity contribution in [3.8, 4) is 17.3 Å². The molecule has 1 aliphatic heterocycles. The first-order chi connectivity index (χ1) is 14.6. The number of aliphatic hydroxyl groups is 1. The molecule has 0 spiro atoms. The fraction of sp³-hybridized carbons (Fsp3) is 0.381. The summed E-state index contributed by atoms with van der Waals surface area (Å²) in [4.78, 5) is 23.3. The predicted octanol–water partition coefficient (Wildman–Crippen LogP) is 2.59. The van der Waals surface area contributed by atoms with Crippen LogP contribution in [0.15, 0.2) is 30.6 Å². The Hall–Kier alpha value is -3.17. The molecule has 9 heteroatoms. The number of methoxy groups -OCH3 is 3. The summed E-state index contributed by atoms with van der Waals surface area (Å²) >= 11 is 0. The lowest BCUT2D eigenvalue weighted by Gasteiger charge is -2.28. The third-order valence-electron chi connectivity index (χ3n) is 5.26. The first kappa shape index (κ1) is 20.1. The molecular formula is C21H24N4O5. The maximum absolute atomic E-state index is 12.5. The third-order valence-corrected chi connectivity index (χ3v) is 5.26. The van der Waals surface area contributed by atoms with E-state index in [9.17, 15) is 9.90 Å². The topological polar surface area (TPSA) is 98.9 Å². The summed E-state index contributed by atoms with van der Waals surface area (Å²) in [5, 5.41) is 10.3. The van der Waals surface area contributed by atoms with E-state index in [0.29, 0.717) is 47.2 Å². The van der Waals surface area contributed by atoms with Crippen LogP contribution in [0, 0.1) is 0 Å². The highest BCUT2D eigenvalue weighted by Gasteiger charge is 2.26. The highest BCUT2D eigenvalue weighted by molar-refractivity contribution is 5.94. The van der Waals surface area contributed by atoms with E-state index >= 15 is 0 Å². The number of rotatable bonds is 6. The highest BCUT2D eigenvalue weighted by Crippen LogP contribution is 2.34. The van der Waals surface area contributed by atoms with E-state index in [4.69, 9.17) is 19.2 Å².